The minimum Gasteiger partial charge on any atom is -0.468 e. The van der Waals surface area contributed by atoms with Crippen molar-refractivity contribution in [2.24, 2.45) is 0 Å². The average Bonchev–Trinajstić information content (AvgIpc) is 3.18. The van der Waals surface area contributed by atoms with Crippen LogP contribution < -0.4 is 5.32 Å². The Hall–Kier alpha value is -2.32. The summed E-state index contributed by atoms with van der Waals surface area (Å²) in [5.74, 6) is -0.148. The fraction of sp³-hybridized carbons (Fsp3) is 0.150. The van der Waals surface area contributed by atoms with E-state index in [0.29, 0.717) is 11.4 Å². The number of nitrogens with one attached hydrogen (secondary N) is 1. The SMILES string of the molecule is Cc1ccc(S(=O)(=O)N(CC(=O)Nc2cccc(Cl)c2Cl)Cc2ccco2)cc1. The molecule has 0 fully saturated rings. The summed E-state index contributed by atoms with van der Waals surface area (Å²) in [6.07, 6.45) is 1.44. The molecule has 0 aliphatic heterocycles. The summed E-state index contributed by atoms with van der Waals surface area (Å²) in [6, 6.07) is 14.5. The van der Waals surface area contributed by atoms with Crippen LogP contribution in [0.15, 0.2) is 70.2 Å². The van der Waals surface area contributed by atoms with E-state index in [-0.39, 0.29) is 21.5 Å². The highest BCUT2D eigenvalue weighted by Gasteiger charge is 2.28. The maximum atomic E-state index is 13.1. The molecule has 0 aliphatic carbocycles. The van der Waals surface area contributed by atoms with E-state index in [0.717, 1.165) is 9.87 Å². The summed E-state index contributed by atoms with van der Waals surface area (Å²) in [6.45, 7) is 1.33. The Labute approximate surface area is 179 Å². The van der Waals surface area contributed by atoms with Gasteiger partial charge in [-0.15, -0.1) is 0 Å². The van der Waals surface area contributed by atoms with E-state index in [9.17, 15) is 13.2 Å². The van der Waals surface area contributed by atoms with Gasteiger partial charge < -0.3 is 9.73 Å². The van der Waals surface area contributed by atoms with Crippen molar-refractivity contribution in [3.05, 3.63) is 82.2 Å². The first-order chi connectivity index (χ1) is 13.8. The van der Waals surface area contributed by atoms with E-state index in [1.54, 1.807) is 42.5 Å². The van der Waals surface area contributed by atoms with Crippen LogP contribution in [0.5, 0.6) is 0 Å². The molecule has 1 aromatic heterocycles. The highest BCUT2D eigenvalue weighted by molar-refractivity contribution is 7.89. The summed E-state index contributed by atoms with van der Waals surface area (Å²) < 4.78 is 32.6. The number of furan rings is 1. The Bertz CT molecular complexity index is 1100. The van der Waals surface area contributed by atoms with Crippen molar-refractivity contribution >= 4 is 44.8 Å². The van der Waals surface area contributed by atoms with E-state index in [2.05, 4.69) is 5.32 Å². The molecular formula is C20H18Cl2N2O4S. The Kier molecular flexibility index (Phi) is 6.64. The quantitative estimate of drug-likeness (QED) is 0.561. The van der Waals surface area contributed by atoms with Crippen LogP contribution in [0.4, 0.5) is 5.69 Å². The lowest BCUT2D eigenvalue weighted by Gasteiger charge is -2.21. The molecule has 3 rings (SSSR count). The first-order valence-electron chi connectivity index (χ1n) is 8.60. The van der Waals surface area contributed by atoms with Gasteiger partial charge in [0, 0.05) is 0 Å². The topological polar surface area (TPSA) is 79.6 Å². The highest BCUT2D eigenvalue weighted by Crippen LogP contribution is 2.29. The lowest BCUT2D eigenvalue weighted by Crippen LogP contribution is -2.37. The van der Waals surface area contributed by atoms with Gasteiger partial charge in [0.05, 0.1) is 40.0 Å². The number of nitrogens with zero attached hydrogens (tertiary/aromatic N) is 1. The van der Waals surface area contributed by atoms with Crippen LogP contribution in [0, 0.1) is 6.92 Å². The molecule has 152 valence electrons. The maximum Gasteiger partial charge on any atom is 0.243 e. The van der Waals surface area contributed by atoms with Crippen LogP contribution >= 0.6 is 23.2 Å². The zero-order valence-electron chi connectivity index (χ0n) is 15.4. The van der Waals surface area contributed by atoms with Crippen LogP contribution in [0.2, 0.25) is 10.0 Å². The van der Waals surface area contributed by atoms with Gasteiger partial charge in [-0.1, -0.05) is 47.0 Å². The van der Waals surface area contributed by atoms with E-state index < -0.39 is 22.5 Å². The second-order valence-corrected chi connectivity index (χ2v) is 9.04. The van der Waals surface area contributed by atoms with Gasteiger partial charge in [-0.05, 0) is 43.3 Å². The van der Waals surface area contributed by atoms with Gasteiger partial charge in [-0.25, -0.2) is 8.42 Å². The molecule has 1 amide bonds. The smallest absolute Gasteiger partial charge is 0.243 e. The first kappa shape index (κ1) is 21.4. The van der Waals surface area contributed by atoms with Crippen LogP contribution in [0.1, 0.15) is 11.3 Å². The molecule has 0 atom stereocenters. The summed E-state index contributed by atoms with van der Waals surface area (Å²) in [5, 5.41) is 3.07. The second kappa shape index (κ2) is 9.00. The van der Waals surface area contributed by atoms with Crippen molar-refractivity contribution in [1.82, 2.24) is 4.31 Å². The lowest BCUT2D eigenvalue weighted by atomic mass is 10.2. The summed E-state index contributed by atoms with van der Waals surface area (Å²) in [4.78, 5) is 12.7. The Balaban J connectivity index is 1.86. The second-order valence-electron chi connectivity index (χ2n) is 6.32. The van der Waals surface area contributed by atoms with Crippen LogP contribution in [-0.4, -0.2) is 25.2 Å². The standard InChI is InChI=1S/C20H18Cl2N2O4S/c1-14-7-9-16(10-8-14)29(26,27)24(12-15-4-3-11-28-15)13-19(25)23-18-6-2-5-17(21)20(18)22/h2-11H,12-13H2,1H3,(H,23,25). The number of hydrogen-bond donors (Lipinski definition) is 1. The molecule has 3 aromatic rings. The van der Waals surface area contributed by atoms with E-state index in [1.165, 1.54) is 18.4 Å². The molecule has 0 unspecified atom stereocenters. The fourth-order valence-electron chi connectivity index (χ4n) is 2.61. The Morgan fingerprint density at radius 1 is 1.07 bits per heavy atom. The third-order valence-electron chi connectivity index (χ3n) is 4.12. The van der Waals surface area contributed by atoms with E-state index in [4.69, 9.17) is 27.6 Å². The number of aryl methyl sites for hydroxylation is 1. The van der Waals surface area contributed by atoms with Gasteiger partial charge in [0.1, 0.15) is 5.76 Å². The molecule has 0 radical (unpaired) electrons. The van der Waals surface area contributed by atoms with Gasteiger partial charge >= 0.3 is 0 Å². The zero-order valence-corrected chi connectivity index (χ0v) is 17.8. The van der Waals surface area contributed by atoms with Crippen molar-refractivity contribution in [3.63, 3.8) is 0 Å². The predicted octanol–water partition coefficient (Wildman–Crippen LogP) is 4.72. The number of carbonyl (C=O) groups is 1. The predicted molar refractivity (Wildman–Crippen MR) is 113 cm³/mol. The molecule has 0 saturated carbocycles. The summed E-state index contributed by atoms with van der Waals surface area (Å²) in [5.41, 5.74) is 1.23. The number of sulfonamides is 1. The molecule has 0 spiro atoms. The van der Waals surface area contributed by atoms with Gasteiger partial charge in [0.25, 0.3) is 0 Å². The fourth-order valence-corrected chi connectivity index (χ4v) is 4.32. The van der Waals surface area contributed by atoms with Crippen molar-refractivity contribution in [2.75, 3.05) is 11.9 Å². The molecular weight excluding hydrogens is 435 g/mol. The van der Waals surface area contributed by atoms with E-state index >= 15 is 0 Å². The number of halogens is 2. The molecule has 0 bridgehead atoms. The number of hydrogen-bond acceptors (Lipinski definition) is 4. The van der Waals surface area contributed by atoms with Crippen LogP contribution in [-0.2, 0) is 21.4 Å². The van der Waals surface area contributed by atoms with Crippen molar-refractivity contribution < 1.29 is 17.6 Å². The van der Waals surface area contributed by atoms with Crippen molar-refractivity contribution in [2.45, 2.75) is 18.4 Å². The van der Waals surface area contributed by atoms with Gasteiger partial charge in [-0.2, -0.15) is 4.31 Å². The molecule has 0 aliphatic rings. The molecule has 2 aromatic carbocycles. The normalized spacial score (nSPS) is 11.6. The Morgan fingerprint density at radius 2 is 1.79 bits per heavy atom. The molecule has 9 heteroatoms. The van der Waals surface area contributed by atoms with Crippen molar-refractivity contribution in [1.29, 1.82) is 0 Å². The zero-order chi connectivity index (χ0) is 21.0. The van der Waals surface area contributed by atoms with Gasteiger partial charge in [0.15, 0.2) is 0 Å². The lowest BCUT2D eigenvalue weighted by molar-refractivity contribution is -0.116. The number of amides is 1. The third-order valence-corrected chi connectivity index (χ3v) is 6.74. The third kappa shape index (κ3) is 5.19. The molecule has 1 heterocycles. The number of carbonyl (C=O) groups excluding carboxylic acids is 1. The number of anilines is 1. The largest absolute Gasteiger partial charge is 0.468 e. The Morgan fingerprint density at radius 3 is 2.45 bits per heavy atom. The minimum absolute atomic E-state index is 0.0863. The summed E-state index contributed by atoms with van der Waals surface area (Å²) in [7, 11) is -3.95. The van der Waals surface area contributed by atoms with Crippen molar-refractivity contribution in [3.8, 4) is 0 Å². The first-order valence-corrected chi connectivity index (χ1v) is 10.8. The average molecular weight is 453 g/mol. The van der Waals surface area contributed by atoms with Crippen LogP contribution in [0.25, 0.3) is 0 Å². The monoisotopic (exact) mass is 452 g/mol. The molecule has 29 heavy (non-hydrogen) atoms. The minimum atomic E-state index is -3.95. The molecule has 0 saturated heterocycles. The van der Waals surface area contributed by atoms with Gasteiger partial charge in [0.2, 0.25) is 15.9 Å². The van der Waals surface area contributed by atoms with Gasteiger partial charge in [-0.3, -0.25) is 4.79 Å². The highest BCUT2D eigenvalue weighted by atomic mass is 35.5. The van der Waals surface area contributed by atoms with Crippen LogP contribution in [0.3, 0.4) is 0 Å². The van der Waals surface area contributed by atoms with E-state index in [1.807, 2.05) is 6.92 Å². The number of rotatable bonds is 7. The number of benzene rings is 2. The molecule has 6 nitrogen and oxygen atoms in total. The summed E-state index contributed by atoms with van der Waals surface area (Å²) >= 11 is 12.1. The maximum absolute atomic E-state index is 13.1. The molecule has 1 N–H and O–H groups in total.